The highest BCUT2D eigenvalue weighted by Gasteiger charge is 2.20. The van der Waals surface area contributed by atoms with Gasteiger partial charge >= 0.3 is 5.97 Å². The Labute approximate surface area is 127 Å². The number of ether oxygens (including phenoxy) is 1. The number of carbonyl (C=O) groups is 2. The summed E-state index contributed by atoms with van der Waals surface area (Å²) in [6, 6.07) is 14.8. The SMILES string of the molecule is COC(=O)c1c(-c2ccccc2)[nH]c2cc(C(C)=O)ccc12. The summed E-state index contributed by atoms with van der Waals surface area (Å²) in [5, 5.41) is 0.746. The predicted molar refractivity (Wildman–Crippen MR) is 85.1 cm³/mol. The van der Waals surface area contributed by atoms with Crippen LogP contribution >= 0.6 is 0 Å². The molecule has 110 valence electrons. The largest absolute Gasteiger partial charge is 0.465 e. The lowest BCUT2D eigenvalue weighted by Gasteiger charge is -2.03. The molecule has 0 atom stereocenters. The van der Waals surface area contributed by atoms with Crippen molar-refractivity contribution in [3.63, 3.8) is 0 Å². The van der Waals surface area contributed by atoms with E-state index in [1.807, 2.05) is 30.3 Å². The number of methoxy groups -OCH3 is 1. The summed E-state index contributed by atoms with van der Waals surface area (Å²) in [4.78, 5) is 27.0. The van der Waals surface area contributed by atoms with Crippen molar-refractivity contribution in [2.24, 2.45) is 0 Å². The first-order chi connectivity index (χ1) is 10.6. The van der Waals surface area contributed by atoms with E-state index in [0.29, 0.717) is 16.8 Å². The van der Waals surface area contributed by atoms with E-state index in [2.05, 4.69) is 4.98 Å². The summed E-state index contributed by atoms with van der Waals surface area (Å²) in [7, 11) is 1.36. The van der Waals surface area contributed by atoms with Gasteiger partial charge in [0.05, 0.1) is 18.4 Å². The number of nitrogens with one attached hydrogen (secondary N) is 1. The van der Waals surface area contributed by atoms with Crippen LogP contribution in [-0.2, 0) is 4.74 Å². The van der Waals surface area contributed by atoms with Crippen LogP contribution in [-0.4, -0.2) is 23.8 Å². The molecule has 0 aliphatic heterocycles. The third-order valence-corrected chi connectivity index (χ3v) is 3.66. The summed E-state index contributed by atoms with van der Waals surface area (Å²) in [5.41, 5.74) is 3.42. The monoisotopic (exact) mass is 293 g/mol. The normalized spacial score (nSPS) is 10.6. The van der Waals surface area contributed by atoms with Gasteiger partial charge in [0.1, 0.15) is 0 Å². The minimum Gasteiger partial charge on any atom is -0.465 e. The highest BCUT2D eigenvalue weighted by Crippen LogP contribution is 2.31. The molecule has 1 heterocycles. The first-order valence-corrected chi connectivity index (χ1v) is 6.92. The van der Waals surface area contributed by atoms with Crippen molar-refractivity contribution >= 4 is 22.7 Å². The van der Waals surface area contributed by atoms with Gasteiger partial charge < -0.3 is 9.72 Å². The Bertz CT molecular complexity index is 863. The number of fused-ring (bicyclic) bond motifs is 1. The number of benzene rings is 2. The lowest BCUT2D eigenvalue weighted by molar-refractivity contribution is 0.0604. The third-order valence-electron chi connectivity index (χ3n) is 3.66. The number of hydrogen-bond donors (Lipinski definition) is 1. The number of aromatic amines is 1. The molecule has 0 aliphatic rings. The van der Waals surface area contributed by atoms with E-state index in [0.717, 1.165) is 16.5 Å². The lowest BCUT2D eigenvalue weighted by Crippen LogP contribution is -2.02. The number of ketones is 1. The Hall–Kier alpha value is -2.88. The van der Waals surface area contributed by atoms with Crippen LogP contribution in [0.1, 0.15) is 27.6 Å². The number of H-pyrrole nitrogens is 1. The molecule has 1 aromatic heterocycles. The smallest absolute Gasteiger partial charge is 0.340 e. The second-order valence-electron chi connectivity index (χ2n) is 5.05. The van der Waals surface area contributed by atoms with Crippen molar-refractivity contribution < 1.29 is 14.3 Å². The predicted octanol–water partition coefficient (Wildman–Crippen LogP) is 3.82. The summed E-state index contributed by atoms with van der Waals surface area (Å²) in [5.74, 6) is -0.418. The molecule has 1 N–H and O–H groups in total. The van der Waals surface area contributed by atoms with E-state index in [4.69, 9.17) is 4.74 Å². The van der Waals surface area contributed by atoms with E-state index >= 15 is 0 Å². The lowest BCUT2D eigenvalue weighted by atomic mass is 10.0. The second-order valence-corrected chi connectivity index (χ2v) is 5.05. The van der Waals surface area contributed by atoms with Gasteiger partial charge in [-0.1, -0.05) is 42.5 Å². The number of esters is 1. The Morgan fingerprint density at radius 2 is 1.77 bits per heavy atom. The zero-order valence-electron chi connectivity index (χ0n) is 12.3. The second kappa shape index (κ2) is 5.48. The third kappa shape index (κ3) is 2.29. The molecule has 0 radical (unpaired) electrons. The number of Topliss-reactive ketones (excluding diaryl/α,β-unsaturated/α-hetero) is 1. The molecule has 2 aromatic carbocycles. The van der Waals surface area contributed by atoms with Gasteiger partial charge in [-0.15, -0.1) is 0 Å². The molecule has 3 aromatic rings. The average Bonchev–Trinajstić information content (AvgIpc) is 2.93. The van der Waals surface area contributed by atoms with Crippen molar-refractivity contribution in [2.75, 3.05) is 7.11 Å². The van der Waals surface area contributed by atoms with Gasteiger partial charge in [0.25, 0.3) is 0 Å². The molecule has 0 amide bonds. The fourth-order valence-electron chi connectivity index (χ4n) is 2.55. The molecule has 22 heavy (non-hydrogen) atoms. The Morgan fingerprint density at radius 1 is 1.05 bits per heavy atom. The summed E-state index contributed by atoms with van der Waals surface area (Å²) in [6.07, 6.45) is 0. The van der Waals surface area contributed by atoms with Crippen LogP contribution in [0.2, 0.25) is 0 Å². The van der Waals surface area contributed by atoms with Gasteiger partial charge in [-0.25, -0.2) is 4.79 Å². The van der Waals surface area contributed by atoms with E-state index in [-0.39, 0.29) is 5.78 Å². The van der Waals surface area contributed by atoms with Crippen LogP contribution in [0.4, 0.5) is 0 Å². The van der Waals surface area contributed by atoms with Gasteiger partial charge in [0.15, 0.2) is 5.78 Å². The zero-order valence-corrected chi connectivity index (χ0v) is 12.3. The number of hydrogen-bond acceptors (Lipinski definition) is 3. The minimum atomic E-state index is -0.402. The first kappa shape index (κ1) is 14.1. The van der Waals surface area contributed by atoms with Crippen LogP contribution in [0.3, 0.4) is 0 Å². The topological polar surface area (TPSA) is 59.2 Å². The van der Waals surface area contributed by atoms with E-state index in [1.54, 1.807) is 18.2 Å². The molecule has 0 saturated heterocycles. The maximum absolute atomic E-state index is 12.2. The van der Waals surface area contributed by atoms with Crippen LogP contribution in [0, 0.1) is 0 Å². The highest BCUT2D eigenvalue weighted by molar-refractivity contribution is 6.11. The Balaban J connectivity index is 2.30. The van der Waals surface area contributed by atoms with Crippen molar-refractivity contribution in [3.05, 3.63) is 59.7 Å². The molecule has 0 unspecified atom stereocenters. The van der Waals surface area contributed by atoms with Crippen molar-refractivity contribution in [1.29, 1.82) is 0 Å². The molecule has 0 aliphatic carbocycles. The van der Waals surface area contributed by atoms with Gasteiger partial charge in [0, 0.05) is 16.5 Å². The van der Waals surface area contributed by atoms with Gasteiger partial charge in [-0.3, -0.25) is 4.79 Å². The van der Waals surface area contributed by atoms with Crippen LogP contribution in [0.15, 0.2) is 48.5 Å². The summed E-state index contributed by atoms with van der Waals surface area (Å²) in [6.45, 7) is 1.52. The molecule has 0 spiro atoms. The Kier molecular flexibility index (Phi) is 3.51. The maximum atomic E-state index is 12.2. The van der Waals surface area contributed by atoms with Crippen molar-refractivity contribution in [1.82, 2.24) is 4.98 Å². The van der Waals surface area contributed by atoms with Crippen molar-refractivity contribution in [2.45, 2.75) is 6.92 Å². The van der Waals surface area contributed by atoms with E-state index < -0.39 is 5.97 Å². The standard InChI is InChI=1S/C18H15NO3/c1-11(20)13-8-9-14-15(10-13)19-17(16(14)18(21)22-2)12-6-4-3-5-7-12/h3-10,19H,1-2H3. The molecule has 0 fully saturated rings. The summed E-state index contributed by atoms with van der Waals surface area (Å²) < 4.78 is 4.92. The van der Waals surface area contributed by atoms with Gasteiger partial charge in [-0.2, -0.15) is 0 Å². The van der Waals surface area contributed by atoms with Gasteiger partial charge in [-0.05, 0) is 18.6 Å². The molecule has 4 heteroatoms. The number of aromatic nitrogens is 1. The molecule has 0 bridgehead atoms. The van der Waals surface area contributed by atoms with Crippen molar-refractivity contribution in [3.8, 4) is 11.3 Å². The zero-order chi connectivity index (χ0) is 15.7. The van der Waals surface area contributed by atoms with Gasteiger partial charge in [0.2, 0.25) is 0 Å². The first-order valence-electron chi connectivity index (χ1n) is 6.92. The fourth-order valence-corrected chi connectivity index (χ4v) is 2.55. The molecule has 4 nitrogen and oxygen atoms in total. The Morgan fingerprint density at radius 3 is 2.41 bits per heavy atom. The molecule has 0 saturated carbocycles. The molecule has 3 rings (SSSR count). The van der Waals surface area contributed by atoms with E-state index in [1.165, 1.54) is 14.0 Å². The number of carbonyl (C=O) groups excluding carboxylic acids is 2. The molecular formula is C18H15NO3. The van der Waals surface area contributed by atoms with Crippen LogP contribution < -0.4 is 0 Å². The summed E-state index contributed by atoms with van der Waals surface area (Å²) >= 11 is 0. The van der Waals surface area contributed by atoms with Crippen LogP contribution in [0.25, 0.3) is 22.2 Å². The average molecular weight is 293 g/mol. The molecular weight excluding hydrogens is 278 g/mol. The quantitative estimate of drug-likeness (QED) is 0.590. The number of rotatable bonds is 3. The fraction of sp³-hybridized carbons (Fsp3) is 0.111. The highest BCUT2D eigenvalue weighted by atomic mass is 16.5. The van der Waals surface area contributed by atoms with Crippen LogP contribution in [0.5, 0.6) is 0 Å². The minimum absolute atomic E-state index is 0.0163. The van der Waals surface area contributed by atoms with E-state index in [9.17, 15) is 9.59 Å². The maximum Gasteiger partial charge on any atom is 0.340 e.